The van der Waals surface area contributed by atoms with E-state index in [9.17, 15) is 9.59 Å². The molecule has 2 heterocycles. The zero-order chi connectivity index (χ0) is 22.9. The molecule has 3 aromatic carbocycles. The highest BCUT2D eigenvalue weighted by atomic mass is 35.5. The minimum atomic E-state index is -0.588. The van der Waals surface area contributed by atoms with Gasteiger partial charge in [0.05, 0.1) is 15.7 Å². The topological polar surface area (TPSA) is 92.9 Å². The smallest absolute Gasteiger partial charge is 0.343 e. The number of halogens is 2. The summed E-state index contributed by atoms with van der Waals surface area (Å²) >= 11 is 12.2. The number of hydrogen-bond acceptors (Lipinski definition) is 4. The molecule has 0 fully saturated rings. The largest absolute Gasteiger partial charge is 0.439 e. The Morgan fingerprint density at radius 3 is 2.64 bits per heavy atom. The van der Waals surface area contributed by atoms with E-state index in [-0.39, 0.29) is 5.91 Å². The highest BCUT2D eigenvalue weighted by Gasteiger charge is 2.11. The lowest BCUT2D eigenvalue weighted by Gasteiger charge is -2.10. The van der Waals surface area contributed by atoms with Crippen LogP contribution in [0, 0.1) is 0 Å². The van der Waals surface area contributed by atoms with Gasteiger partial charge in [0.25, 0.3) is 5.91 Å². The second kappa shape index (κ2) is 8.61. The minimum Gasteiger partial charge on any atom is -0.343 e. The molecule has 0 saturated heterocycles. The first-order valence-corrected chi connectivity index (χ1v) is 10.7. The van der Waals surface area contributed by atoms with Crippen molar-refractivity contribution in [3.8, 4) is 11.4 Å². The fourth-order valence-corrected chi connectivity index (χ4v) is 3.94. The van der Waals surface area contributed by atoms with E-state index in [1.807, 2.05) is 42.6 Å². The van der Waals surface area contributed by atoms with Gasteiger partial charge in [-0.05, 0) is 54.1 Å². The number of carbonyl (C=O) groups is 1. The number of rotatable bonds is 5. The number of nitrogens with one attached hydrogen (secondary N) is 2. The van der Waals surface area contributed by atoms with Crippen molar-refractivity contribution >= 4 is 45.7 Å². The standard InChI is InChI=1S/C24H16Cl2N4O3/c25-18-2-1-3-19(21(18)26)27-23(31)15-6-4-14(5-7-15)13-30-11-10-16-12-17(8-9-20(16)30)22-28-24(32)33-29-22/h1-12H,13H2,(H,27,31)(H,28,29,32). The minimum absolute atomic E-state index is 0.268. The van der Waals surface area contributed by atoms with Crippen molar-refractivity contribution in [3.63, 3.8) is 0 Å². The molecule has 5 rings (SSSR count). The predicted molar refractivity (Wildman–Crippen MR) is 128 cm³/mol. The van der Waals surface area contributed by atoms with Gasteiger partial charge in [-0.1, -0.05) is 46.6 Å². The van der Waals surface area contributed by atoms with Crippen molar-refractivity contribution in [2.24, 2.45) is 0 Å². The monoisotopic (exact) mass is 478 g/mol. The number of benzene rings is 3. The van der Waals surface area contributed by atoms with Crippen LogP contribution >= 0.6 is 23.2 Å². The normalized spacial score (nSPS) is 11.1. The highest BCUT2D eigenvalue weighted by molar-refractivity contribution is 6.44. The zero-order valence-corrected chi connectivity index (χ0v) is 18.5. The summed E-state index contributed by atoms with van der Waals surface area (Å²) in [6.45, 7) is 0.631. The molecule has 2 N–H and O–H groups in total. The second-order valence-corrected chi connectivity index (χ2v) is 8.20. The van der Waals surface area contributed by atoms with Gasteiger partial charge in [0.15, 0.2) is 5.82 Å². The van der Waals surface area contributed by atoms with Crippen LogP contribution in [0.5, 0.6) is 0 Å². The summed E-state index contributed by atoms with van der Waals surface area (Å²) < 4.78 is 6.68. The lowest BCUT2D eigenvalue weighted by Crippen LogP contribution is -2.12. The van der Waals surface area contributed by atoms with Crippen molar-refractivity contribution in [3.05, 3.63) is 105 Å². The average Bonchev–Trinajstić information content (AvgIpc) is 3.43. The number of H-pyrrole nitrogens is 1. The number of amides is 1. The summed E-state index contributed by atoms with van der Waals surface area (Å²) in [6.07, 6.45) is 1.99. The molecule has 0 bridgehead atoms. The van der Waals surface area contributed by atoms with Gasteiger partial charge in [0.2, 0.25) is 0 Å². The first kappa shape index (κ1) is 21.1. The Bertz CT molecular complexity index is 1530. The predicted octanol–water partition coefficient (Wildman–Crippen LogP) is 5.59. The molecule has 1 amide bonds. The summed E-state index contributed by atoms with van der Waals surface area (Å²) in [5.41, 5.74) is 3.81. The van der Waals surface area contributed by atoms with Gasteiger partial charge in [-0.25, -0.2) is 4.79 Å². The van der Waals surface area contributed by atoms with E-state index in [4.69, 9.17) is 23.2 Å². The Kier molecular flexibility index (Phi) is 5.50. The lowest BCUT2D eigenvalue weighted by atomic mass is 10.1. The molecule has 7 nitrogen and oxygen atoms in total. The third-order valence-electron chi connectivity index (χ3n) is 5.25. The quantitative estimate of drug-likeness (QED) is 0.344. The van der Waals surface area contributed by atoms with Gasteiger partial charge < -0.3 is 9.88 Å². The fourth-order valence-electron chi connectivity index (χ4n) is 3.59. The molecule has 5 aromatic rings. The Morgan fingerprint density at radius 2 is 1.88 bits per heavy atom. The zero-order valence-electron chi connectivity index (χ0n) is 17.0. The van der Waals surface area contributed by atoms with Crippen LogP contribution in [0.1, 0.15) is 15.9 Å². The first-order chi connectivity index (χ1) is 16.0. The van der Waals surface area contributed by atoms with Crippen LogP contribution in [0.15, 0.2) is 82.2 Å². The van der Waals surface area contributed by atoms with E-state index in [2.05, 4.69) is 24.5 Å². The molecule has 0 atom stereocenters. The van der Waals surface area contributed by atoms with Crippen molar-refractivity contribution in [1.29, 1.82) is 0 Å². The summed E-state index contributed by atoms with van der Waals surface area (Å²) in [6, 6.07) is 20.2. The third kappa shape index (κ3) is 4.28. The summed E-state index contributed by atoms with van der Waals surface area (Å²) in [7, 11) is 0. The Labute approximate surface area is 197 Å². The molecule has 0 aliphatic heterocycles. The van der Waals surface area contributed by atoms with E-state index in [0.717, 1.165) is 22.0 Å². The van der Waals surface area contributed by atoms with Crippen molar-refractivity contribution < 1.29 is 9.32 Å². The molecular formula is C24H16Cl2N4O3. The van der Waals surface area contributed by atoms with Gasteiger partial charge in [0.1, 0.15) is 0 Å². The second-order valence-electron chi connectivity index (χ2n) is 7.41. The van der Waals surface area contributed by atoms with Gasteiger partial charge in [-0.3, -0.25) is 14.3 Å². The maximum Gasteiger partial charge on any atom is 0.439 e. The molecule has 33 heavy (non-hydrogen) atoms. The number of aromatic amines is 1. The Morgan fingerprint density at radius 1 is 1.06 bits per heavy atom. The number of aromatic nitrogens is 3. The highest BCUT2D eigenvalue weighted by Crippen LogP contribution is 2.30. The van der Waals surface area contributed by atoms with Gasteiger partial charge in [-0.15, -0.1) is 0 Å². The molecule has 164 valence electrons. The van der Waals surface area contributed by atoms with Crippen LogP contribution in [-0.4, -0.2) is 20.6 Å². The summed E-state index contributed by atoms with van der Waals surface area (Å²) in [5, 5.41) is 8.20. The van der Waals surface area contributed by atoms with Crippen LogP contribution in [0.4, 0.5) is 5.69 Å². The molecule has 0 aliphatic rings. The number of anilines is 1. The van der Waals surface area contributed by atoms with Crippen LogP contribution in [0.3, 0.4) is 0 Å². The average molecular weight is 479 g/mol. The maximum absolute atomic E-state index is 12.6. The molecule has 9 heteroatoms. The van der Waals surface area contributed by atoms with Gasteiger partial charge in [-0.2, -0.15) is 0 Å². The van der Waals surface area contributed by atoms with Crippen LogP contribution < -0.4 is 11.1 Å². The Balaban J connectivity index is 1.32. The molecule has 0 saturated carbocycles. The maximum atomic E-state index is 12.6. The number of nitrogens with zero attached hydrogens (tertiary/aromatic N) is 2. The number of fused-ring (bicyclic) bond motifs is 1. The van der Waals surface area contributed by atoms with E-state index >= 15 is 0 Å². The molecule has 0 unspecified atom stereocenters. The fraction of sp³-hybridized carbons (Fsp3) is 0.0417. The number of hydrogen-bond donors (Lipinski definition) is 2. The summed E-state index contributed by atoms with van der Waals surface area (Å²) in [4.78, 5) is 26.3. The van der Waals surface area contributed by atoms with Crippen LogP contribution in [-0.2, 0) is 6.54 Å². The lowest BCUT2D eigenvalue weighted by molar-refractivity contribution is 0.102. The van der Waals surface area contributed by atoms with Crippen molar-refractivity contribution in [2.45, 2.75) is 6.54 Å². The molecule has 0 spiro atoms. The first-order valence-electron chi connectivity index (χ1n) is 9.97. The van der Waals surface area contributed by atoms with E-state index in [1.54, 1.807) is 30.3 Å². The number of carbonyl (C=O) groups excluding carboxylic acids is 1. The molecule has 2 aromatic heterocycles. The molecule has 0 radical (unpaired) electrons. The van der Waals surface area contributed by atoms with Crippen molar-refractivity contribution in [2.75, 3.05) is 5.32 Å². The molecule has 0 aliphatic carbocycles. The SMILES string of the molecule is O=C(Nc1cccc(Cl)c1Cl)c1ccc(Cn2ccc3cc(-c4noc(=O)[nH]4)ccc32)cc1. The van der Waals surface area contributed by atoms with E-state index < -0.39 is 5.76 Å². The van der Waals surface area contributed by atoms with Gasteiger partial charge in [0, 0.05) is 34.8 Å². The third-order valence-corrected chi connectivity index (χ3v) is 6.07. The van der Waals surface area contributed by atoms with Crippen LogP contribution in [0.25, 0.3) is 22.3 Å². The van der Waals surface area contributed by atoms with Crippen molar-refractivity contribution in [1.82, 2.24) is 14.7 Å². The molecular weight excluding hydrogens is 463 g/mol. The van der Waals surface area contributed by atoms with Crippen LogP contribution in [0.2, 0.25) is 10.0 Å². The van der Waals surface area contributed by atoms with Gasteiger partial charge >= 0.3 is 5.76 Å². The summed E-state index contributed by atoms with van der Waals surface area (Å²) in [5.74, 6) is -0.464. The van der Waals surface area contributed by atoms with E-state index in [1.165, 1.54) is 0 Å². The van der Waals surface area contributed by atoms with E-state index in [0.29, 0.717) is 33.7 Å². The Hall–Kier alpha value is -3.81.